The minimum absolute atomic E-state index is 0.0723. The SMILES string of the molecule is C[C@H]1COC(=O)C[C@@H]1c1ccccc1. The van der Waals surface area contributed by atoms with Crippen LogP contribution in [0.25, 0.3) is 0 Å². The lowest BCUT2D eigenvalue weighted by Gasteiger charge is -2.28. The molecule has 1 aliphatic heterocycles. The molecular weight excluding hydrogens is 176 g/mol. The summed E-state index contributed by atoms with van der Waals surface area (Å²) in [6.07, 6.45) is 0.519. The van der Waals surface area contributed by atoms with Crippen molar-refractivity contribution in [1.29, 1.82) is 0 Å². The number of hydrogen-bond donors (Lipinski definition) is 0. The Kier molecular flexibility index (Phi) is 2.53. The van der Waals surface area contributed by atoms with E-state index in [1.807, 2.05) is 18.2 Å². The first-order chi connectivity index (χ1) is 6.77. The van der Waals surface area contributed by atoms with Crippen molar-refractivity contribution in [2.45, 2.75) is 19.3 Å². The van der Waals surface area contributed by atoms with E-state index in [1.165, 1.54) is 5.56 Å². The smallest absolute Gasteiger partial charge is 0.306 e. The number of esters is 1. The molecule has 2 atom stereocenters. The zero-order valence-electron chi connectivity index (χ0n) is 8.27. The van der Waals surface area contributed by atoms with Crippen molar-refractivity contribution in [3.63, 3.8) is 0 Å². The first-order valence-corrected chi connectivity index (χ1v) is 4.98. The molecule has 2 nitrogen and oxygen atoms in total. The largest absolute Gasteiger partial charge is 0.465 e. The fourth-order valence-electron chi connectivity index (χ4n) is 1.93. The number of carbonyl (C=O) groups excluding carboxylic acids is 1. The topological polar surface area (TPSA) is 26.3 Å². The summed E-state index contributed by atoms with van der Waals surface area (Å²) in [6.45, 7) is 2.68. The molecule has 1 aromatic rings. The number of hydrogen-bond acceptors (Lipinski definition) is 2. The Morgan fingerprint density at radius 2 is 2.00 bits per heavy atom. The van der Waals surface area contributed by atoms with Crippen LogP contribution in [0.5, 0.6) is 0 Å². The second-order valence-electron chi connectivity index (χ2n) is 3.88. The van der Waals surface area contributed by atoms with Gasteiger partial charge in [0.15, 0.2) is 0 Å². The highest BCUT2D eigenvalue weighted by molar-refractivity contribution is 5.71. The molecule has 0 aliphatic carbocycles. The third kappa shape index (κ3) is 1.79. The van der Waals surface area contributed by atoms with Gasteiger partial charge in [-0.3, -0.25) is 4.79 Å². The molecule has 1 aliphatic rings. The van der Waals surface area contributed by atoms with Crippen LogP contribution < -0.4 is 0 Å². The molecule has 0 bridgehead atoms. The quantitative estimate of drug-likeness (QED) is 0.635. The fourth-order valence-corrected chi connectivity index (χ4v) is 1.93. The lowest BCUT2D eigenvalue weighted by Crippen LogP contribution is -2.27. The molecular formula is C12H14O2. The molecule has 0 amide bonds. The zero-order chi connectivity index (χ0) is 9.97. The second-order valence-corrected chi connectivity index (χ2v) is 3.88. The van der Waals surface area contributed by atoms with E-state index >= 15 is 0 Å². The molecule has 0 N–H and O–H groups in total. The summed E-state index contributed by atoms with van der Waals surface area (Å²) < 4.78 is 5.00. The highest BCUT2D eigenvalue weighted by Gasteiger charge is 2.28. The molecule has 0 spiro atoms. The van der Waals surface area contributed by atoms with Crippen LogP contribution in [-0.4, -0.2) is 12.6 Å². The predicted octanol–water partition coefficient (Wildman–Crippen LogP) is 2.35. The minimum atomic E-state index is -0.0723. The number of benzene rings is 1. The monoisotopic (exact) mass is 190 g/mol. The molecule has 1 aromatic carbocycles. The van der Waals surface area contributed by atoms with Crippen LogP contribution in [0, 0.1) is 5.92 Å². The Morgan fingerprint density at radius 1 is 1.29 bits per heavy atom. The normalized spacial score (nSPS) is 27.1. The molecule has 2 rings (SSSR count). The highest BCUT2D eigenvalue weighted by atomic mass is 16.5. The van der Waals surface area contributed by atoms with Crippen LogP contribution >= 0.6 is 0 Å². The Labute approximate surface area is 83.9 Å². The van der Waals surface area contributed by atoms with Gasteiger partial charge in [0.05, 0.1) is 13.0 Å². The van der Waals surface area contributed by atoms with E-state index in [4.69, 9.17) is 4.74 Å². The lowest BCUT2D eigenvalue weighted by molar-refractivity contribution is -0.150. The van der Waals surface area contributed by atoms with Gasteiger partial charge in [0.25, 0.3) is 0 Å². The van der Waals surface area contributed by atoms with Gasteiger partial charge in [-0.25, -0.2) is 0 Å². The van der Waals surface area contributed by atoms with E-state index in [1.54, 1.807) is 0 Å². The summed E-state index contributed by atoms with van der Waals surface area (Å²) in [5.74, 6) is 0.685. The van der Waals surface area contributed by atoms with Crippen molar-refractivity contribution in [2.24, 2.45) is 5.92 Å². The minimum Gasteiger partial charge on any atom is -0.465 e. The summed E-state index contributed by atoms with van der Waals surface area (Å²) in [6, 6.07) is 10.2. The molecule has 0 unspecified atom stereocenters. The molecule has 2 heteroatoms. The molecule has 0 saturated carbocycles. The van der Waals surface area contributed by atoms with E-state index < -0.39 is 0 Å². The second kappa shape index (κ2) is 3.82. The predicted molar refractivity (Wildman–Crippen MR) is 53.9 cm³/mol. The van der Waals surface area contributed by atoms with E-state index in [9.17, 15) is 4.79 Å². The van der Waals surface area contributed by atoms with Crippen LogP contribution in [0.2, 0.25) is 0 Å². The fraction of sp³-hybridized carbons (Fsp3) is 0.417. The maximum Gasteiger partial charge on any atom is 0.306 e. The van der Waals surface area contributed by atoms with Gasteiger partial charge in [-0.2, -0.15) is 0 Å². The summed E-state index contributed by atoms with van der Waals surface area (Å²) in [5.41, 5.74) is 1.25. The van der Waals surface area contributed by atoms with E-state index in [0.717, 1.165) is 0 Å². The van der Waals surface area contributed by atoms with Crippen LogP contribution in [-0.2, 0) is 9.53 Å². The molecule has 1 heterocycles. The van der Waals surface area contributed by atoms with Gasteiger partial charge in [-0.1, -0.05) is 37.3 Å². The van der Waals surface area contributed by atoms with Crippen molar-refractivity contribution in [2.75, 3.05) is 6.61 Å². The molecule has 14 heavy (non-hydrogen) atoms. The standard InChI is InChI=1S/C12H14O2/c1-9-8-14-12(13)7-11(9)10-5-3-2-4-6-10/h2-6,9,11H,7-8H2,1H3/t9-,11-/m0/s1. The zero-order valence-corrected chi connectivity index (χ0v) is 8.27. The number of ether oxygens (including phenoxy) is 1. The molecule has 1 saturated heterocycles. The van der Waals surface area contributed by atoms with Gasteiger partial charge in [0, 0.05) is 5.92 Å². The van der Waals surface area contributed by atoms with Gasteiger partial charge in [-0.05, 0) is 11.5 Å². The van der Waals surface area contributed by atoms with Crippen LogP contribution in [0.1, 0.15) is 24.8 Å². The van der Waals surface area contributed by atoms with Crippen molar-refractivity contribution < 1.29 is 9.53 Å². The molecule has 0 radical (unpaired) electrons. The van der Waals surface area contributed by atoms with Crippen molar-refractivity contribution in [1.82, 2.24) is 0 Å². The first kappa shape index (κ1) is 9.25. The van der Waals surface area contributed by atoms with Crippen LogP contribution in [0.3, 0.4) is 0 Å². The van der Waals surface area contributed by atoms with Gasteiger partial charge < -0.3 is 4.74 Å². The number of carbonyl (C=O) groups is 1. The first-order valence-electron chi connectivity index (χ1n) is 4.98. The average molecular weight is 190 g/mol. The van der Waals surface area contributed by atoms with Gasteiger partial charge >= 0.3 is 5.97 Å². The summed E-state index contributed by atoms with van der Waals surface area (Å²) in [7, 11) is 0. The summed E-state index contributed by atoms with van der Waals surface area (Å²) in [4.78, 5) is 11.2. The van der Waals surface area contributed by atoms with Crippen molar-refractivity contribution >= 4 is 5.97 Å². The Morgan fingerprint density at radius 3 is 2.71 bits per heavy atom. The van der Waals surface area contributed by atoms with Gasteiger partial charge in [0.1, 0.15) is 0 Å². The highest BCUT2D eigenvalue weighted by Crippen LogP contribution is 2.31. The van der Waals surface area contributed by atoms with E-state index in [-0.39, 0.29) is 5.97 Å². The maximum absolute atomic E-state index is 11.2. The van der Waals surface area contributed by atoms with Crippen LogP contribution in [0.15, 0.2) is 30.3 Å². The Bertz CT molecular complexity index is 318. The van der Waals surface area contributed by atoms with Crippen LogP contribution in [0.4, 0.5) is 0 Å². The van der Waals surface area contributed by atoms with E-state index in [0.29, 0.717) is 24.9 Å². The average Bonchev–Trinajstić information content (AvgIpc) is 2.23. The summed E-state index contributed by atoms with van der Waals surface area (Å²) in [5, 5.41) is 0. The van der Waals surface area contributed by atoms with Crippen molar-refractivity contribution in [3.8, 4) is 0 Å². The lowest BCUT2D eigenvalue weighted by atomic mass is 9.84. The van der Waals surface area contributed by atoms with Gasteiger partial charge in [-0.15, -0.1) is 0 Å². The summed E-state index contributed by atoms with van der Waals surface area (Å²) >= 11 is 0. The number of rotatable bonds is 1. The van der Waals surface area contributed by atoms with Crippen molar-refractivity contribution in [3.05, 3.63) is 35.9 Å². The van der Waals surface area contributed by atoms with E-state index in [2.05, 4.69) is 19.1 Å². The molecule has 74 valence electrons. The third-order valence-corrected chi connectivity index (χ3v) is 2.81. The molecule has 0 aromatic heterocycles. The molecule has 1 fully saturated rings. The maximum atomic E-state index is 11.2. The Hall–Kier alpha value is -1.31. The van der Waals surface area contributed by atoms with Gasteiger partial charge in [0.2, 0.25) is 0 Å². The number of cyclic esters (lactones) is 1. The Balaban J connectivity index is 2.20. The third-order valence-electron chi connectivity index (χ3n) is 2.81.